The summed E-state index contributed by atoms with van der Waals surface area (Å²) in [5.41, 5.74) is 4.51. The number of hydrogen-bond acceptors (Lipinski definition) is 4. The fraction of sp³-hybridized carbons (Fsp3) is 0.240. The number of amides is 1. The van der Waals surface area contributed by atoms with Crippen LogP contribution in [0.3, 0.4) is 0 Å². The number of nitrogens with one attached hydrogen (secondary N) is 1. The van der Waals surface area contributed by atoms with E-state index >= 15 is 0 Å². The largest absolute Gasteiger partial charge is 0.497 e. The normalized spacial score (nSPS) is 11.1. The van der Waals surface area contributed by atoms with Crippen molar-refractivity contribution >= 4 is 16.9 Å². The molecular weight excluding hydrogens is 388 g/mol. The Balaban J connectivity index is 1.93. The number of nitrogens with zero attached hydrogens (tertiary/aromatic N) is 3. The Hall–Kier alpha value is -3.67. The summed E-state index contributed by atoms with van der Waals surface area (Å²) in [6.07, 6.45) is 0. The summed E-state index contributed by atoms with van der Waals surface area (Å²) >= 11 is 0. The highest BCUT2D eigenvalue weighted by atomic mass is 16.5. The summed E-state index contributed by atoms with van der Waals surface area (Å²) in [5, 5.41) is 8.52. The minimum atomic E-state index is -0.119. The Morgan fingerprint density at radius 1 is 1.10 bits per heavy atom. The molecule has 31 heavy (non-hydrogen) atoms. The molecule has 2 aromatic heterocycles. The van der Waals surface area contributed by atoms with Gasteiger partial charge in [0.25, 0.3) is 5.91 Å². The van der Waals surface area contributed by atoms with Crippen molar-refractivity contribution in [2.45, 2.75) is 20.8 Å². The molecule has 0 saturated carbocycles. The zero-order chi connectivity index (χ0) is 22.0. The van der Waals surface area contributed by atoms with Gasteiger partial charge >= 0.3 is 0 Å². The third kappa shape index (κ3) is 4.14. The molecule has 1 N–H and O–H groups in total. The van der Waals surface area contributed by atoms with E-state index in [9.17, 15) is 4.79 Å². The lowest BCUT2D eigenvalue weighted by atomic mass is 10.0. The Kier molecular flexibility index (Phi) is 5.71. The predicted octanol–water partition coefficient (Wildman–Crippen LogP) is 4.79. The van der Waals surface area contributed by atoms with Crippen LogP contribution in [-0.2, 0) is 0 Å². The summed E-state index contributed by atoms with van der Waals surface area (Å²) < 4.78 is 7.08. The van der Waals surface area contributed by atoms with E-state index in [-0.39, 0.29) is 5.91 Å². The molecule has 158 valence electrons. The molecule has 0 atom stereocenters. The zero-order valence-electron chi connectivity index (χ0n) is 18.2. The molecule has 6 heteroatoms. The first-order valence-corrected chi connectivity index (χ1v) is 10.4. The summed E-state index contributed by atoms with van der Waals surface area (Å²) in [7, 11) is 1.64. The monoisotopic (exact) mass is 414 g/mol. The molecule has 0 bridgehead atoms. The molecule has 0 fully saturated rings. The molecule has 2 heterocycles. The second-order valence-corrected chi connectivity index (χ2v) is 7.92. The van der Waals surface area contributed by atoms with Gasteiger partial charge in [-0.25, -0.2) is 9.67 Å². The molecule has 4 rings (SSSR count). The highest BCUT2D eigenvalue weighted by Crippen LogP contribution is 2.29. The van der Waals surface area contributed by atoms with Crippen LogP contribution in [0.1, 0.15) is 29.9 Å². The molecule has 0 unspecified atom stereocenters. The van der Waals surface area contributed by atoms with Crippen LogP contribution < -0.4 is 10.1 Å². The minimum Gasteiger partial charge on any atom is -0.497 e. The van der Waals surface area contributed by atoms with Crippen molar-refractivity contribution in [1.82, 2.24) is 20.1 Å². The second-order valence-electron chi connectivity index (χ2n) is 7.92. The van der Waals surface area contributed by atoms with Gasteiger partial charge in [-0.1, -0.05) is 32.0 Å². The van der Waals surface area contributed by atoms with Crippen molar-refractivity contribution < 1.29 is 9.53 Å². The van der Waals surface area contributed by atoms with Crippen LogP contribution in [0.15, 0.2) is 60.7 Å². The molecule has 4 aromatic rings. The van der Waals surface area contributed by atoms with E-state index in [1.807, 2.05) is 67.6 Å². The van der Waals surface area contributed by atoms with Crippen LogP contribution >= 0.6 is 0 Å². The molecule has 0 spiro atoms. The molecule has 6 nitrogen and oxygen atoms in total. The van der Waals surface area contributed by atoms with Gasteiger partial charge in [0.05, 0.1) is 35.1 Å². The summed E-state index contributed by atoms with van der Waals surface area (Å²) in [5.74, 6) is 1.01. The van der Waals surface area contributed by atoms with Crippen molar-refractivity contribution in [1.29, 1.82) is 0 Å². The highest BCUT2D eigenvalue weighted by molar-refractivity contribution is 6.07. The number of aromatic nitrogens is 3. The van der Waals surface area contributed by atoms with Crippen LogP contribution in [-0.4, -0.2) is 34.3 Å². The molecule has 0 aliphatic carbocycles. The van der Waals surface area contributed by atoms with Gasteiger partial charge < -0.3 is 10.1 Å². The number of ether oxygens (including phenoxy) is 1. The van der Waals surface area contributed by atoms with E-state index in [2.05, 4.69) is 19.2 Å². The maximum atomic E-state index is 13.1. The van der Waals surface area contributed by atoms with Crippen LogP contribution in [0.4, 0.5) is 0 Å². The Bertz CT molecular complexity index is 1210. The number of para-hydroxylation sites is 1. The molecule has 1 amide bonds. The van der Waals surface area contributed by atoms with E-state index in [1.54, 1.807) is 11.8 Å². The Labute approximate surface area is 181 Å². The highest BCUT2D eigenvalue weighted by Gasteiger charge is 2.21. The van der Waals surface area contributed by atoms with E-state index in [0.717, 1.165) is 28.1 Å². The van der Waals surface area contributed by atoms with Crippen LogP contribution in [0, 0.1) is 12.8 Å². The van der Waals surface area contributed by atoms with Crippen LogP contribution in [0.2, 0.25) is 0 Å². The molecule has 0 aliphatic rings. The summed E-state index contributed by atoms with van der Waals surface area (Å²) in [6.45, 7) is 6.66. The topological polar surface area (TPSA) is 69.0 Å². The number of methoxy groups -OCH3 is 1. The van der Waals surface area contributed by atoms with E-state index in [1.165, 1.54) is 0 Å². The van der Waals surface area contributed by atoms with E-state index < -0.39 is 0 Å². The summed E-state index contributed by atoms with van der Waals surface area (Å²) in [4.78, 5) is 18.1. The summed E-state index contributed by atoms with van der Waals surface area (Å²) in [6, 6.07) is 19.4. The third-order valence-corrected chi connectivity index (χ3v) is 5.11. The number of carbonyl (C=O) groups is 1. The lowest BCUT2D eigenvalue weighted by molar-refractivity contribution is 0.0950. The van der Waals surface area contributed by atoms with Crippen LogP contribution in [0.5, 0.6) is 5.75 Å². The Morgan fingerprint density at radius 3 is 2.45 bits per heavy atom. The first-order chi connectivity index (χ1) is 15.0. The quantitative estimate of drug-likeness (QED) is 0.492. The molecular formula is C25H26N4O2. The second kappa shape index (κ2) is 8.60. The average Bonchev–Trinajstić information content (AvgIpc) is 3.14. The molecule has 0 saturated heterocycles. The third-order valence-electron chi connectivity index (χ3n) is 5.11. The first kappa shape index (κ1) is 20.6. The van der Waals surface area contributed by atoms with Gasteiger partial charge in [-0.05, 0) is 55.3 Å². The molecule has 0 aliphatic heterocycles. The Morgan fingerprint density at radius 2 is 1.81 bits per heavy atom. The van der Waals surface area contributed by atoms with Crippen molar-refractivity contribution in [3.8, 4) is 22.7 Å². The molecule has 2 aromatic carbocycles. The first-order valence-electron chi connectivity index (χ1n) is 10.4. The van der Waals surface area contributed by atoms with E-state index in [0.29, 0.717) is 29.4 Å². The van der Waals surface area contributed by atoms with Gasteiger partial charge in [-0.2, -0.15) is 5.10 Å². The average molecular weight is 415 g/mol. The molecule has 0 radical (unpaired) electrons. The van der Waals surface area contributed by atoms with Crippen molar-refractivity contribution in [3.05, 3.63) is 71.9 Å². The SMILES string of the molecule is COc1ccc(-c2cc(C(=O)NCC(C)C)c3c(C)nn(-c4ccccc4)c3n2)cc1. The smallest absolute Gasteiger partial charge is 0.252 e. The lowest BCUT2D eigenvalue weighted by Gasteiger charge is -2.11. The van der Waals surface area contributed by atoms with Gasteiger partial charge in [-0.15, -0.1) is 0 Å². The predicted molar refractivity (Wildman–Crippen MR) is 123 cm³/mol. The number of aryl methyl sites for hydroxylation is 1. The maximum Gasteiger partial charge on any atom is 0.252 e. The zero-order valence-corrected chi connectivity index (χ0v) is 18.2. The van der Waals surface area contributed by atoms with Crippen molar-refractivity contribution in [2.75, 3.05) is 13.7 Å². The van der Waals surface area contributed by atoms with Gasteiger partial charge in [0, 0.05) is 12.1 Å². The van der Waals surface area contributed by atoms with Crippen molar-refractivity contribution in [2.24, 2.45) is 5.92 Å². The lowest BCUT2D eigenvalue weighted by Crippen LogP contribution is -2.27. The van der Waals surface area contributed by atoms with Gasteiger partial charge in [0.15, 0.2) is 5.65 Å². The number of hydrogen-bond donors (Lipinski definition) is 1. The van der Waals surface area contributed by atoms with Crippen LogP contribution in [0.25, 0.3) is 28.0 Å². The fourth-order valence-electron chi connectivity index (χ4n) is 3.52. The van der Waals surface area contributed by atoms with Crippen molar-refractivity contribution in [3.63, 3.8) is 0 Å². The number of rotatable bonds is 6. The van der Waals surface area contributed by atoms with Gasteiger partial charge in [0.1, 0.15) is 5.75 Å². The number of benzene rings is 2. The maximum absolute atomic E-state index is 13.1. The minimum absolute atomic E-state index is 0.119. The number of pyridine rings is 1. The van der Waals surface area contributed by atoms with Gasteiger partial charge in [-0.3, -0.25) is 4.79 Å². The number of carbonyl (C=O) groups excluding carboxylic acids is 1. The van der Waals surface area contributed by atoms with E-state index in [4.69, 9.17) is 14.8 Å². The standard InChI is InChI=1S/C25H26N4O2/c1-16(2)15-26-25(30)21-14-22(18-10-12-20(31-4)13-11-18)27-24-23(21)17(3)28-29(24)19-8-6-5-7-9-19/h5-14,16H,15H2,1-4H3,(H,26,30). The number of fused-ring (bicyclic) bond motifs is 1. The van der Waals surface area contributed by atoms with Gasteiger partial charge in [0.2, 0.25) is 0 Å². The fourth-order valence-corrected chi connectivity index (χ4v) is 3.52.